The highest BCUT2D eigenvalue weighted by Crippen LogP contribution is 2.20. The molecule has 1 atom stereocenters. The monoisotopic (exact) mass is 257 g/mol. The van der Waals surface area contributed by atoms with Crippen LogP contribution in [0.2, 0.25) is 0 Å². The van der Waals surface area contributed by atoms with Crippen LogP contribution in [0.15, 0.2) is 18.2 Å². The van der Waals surface area contributed by atoms with Gasteiger partial charge in [-0.1, -0.05) is 0 Å². The first-order chi connectivity index (χ1) is 8.43. The molecule has 102 valence electrons. The van der Waals surface area contributed by atoms with Gasteiger partial charge < -0.3 is 10.6 Å². The lowest BCUT2D eigenvalue weighted by Crippen LogP contribution is -2.35. The molecular formula is C13H21F2N3. The zero-order valence-electron chi connectivity index (χ0n) is 11.2. The van der Waals surface area contributed by atoms with Crippen molar-refractivity contribution in [2.24, 2.45) is 5.73 Å². The number of benzene rings is 1. The number of nitrogens with two attached hydrogens (primary N) is 1. The zero-order chi connectivity index (χ0) is 13.7. The van der Waals surface area contributed by atoms with E-state index in [1.807, 2.05) is 26.0 Å². The fourth-order valence-electron chi connectivity index (χ4n) is 1.85. The highest BCUT2D eigenvalue weighted by molar-refractivity contribution is 5.21. The quantitative estimate of drug-likeness (QED) is 0.837. The molecule has 1 unspecified atom stereocenters. The number of hydrogen-bond donors (Lipinski definition) is 1. The average Bonchev–Trinajstić information content (AvgIpc) is 2.26. The van der Waals surface area contributed by atoms with Crippen molar-refractivity contribution in [3.8, 4) is 0 Å². The van der Waals surface area contributed by atoms with Gasteiger partial charge in [0.15, 0.2) is 0 Å². The maximum atomic E-state index is 13.2. The lowest BCUT2D eigenvalue weighted by Gasteiger charge is -2.28. The molecule has 0 saturated heterocycles. The molecular weight excluding hydrogens is 236 g/mol. The predicted molar refractivity (Wildman–Crippen MR) is 69.3 cm³/mol. The highest BCUT2D eigenvalue weighted by Gasteiger charge is 2.17. The summed E-state index contributed by atoms with van der Waals surface area (Å²) in [7, 11) is 5.87. The summed E-state index contributed by atoms with van der Waals surface area (Å²) in [5.41, 5.74) is 6.29. The van der Waals surface area contributed by atoms with Gasteiger partial charge in [-0.3, -0.25) is 4.90 Å². The molecule has 0 fully saturated rings. The van der Waals surface area contributed by atoms with E-state index in [-0.39, 0.29) is 6.04 Å². The standard InChI is InChI=1S/C13H21F2N3/c1-17(2)4-5-18(3)13(9-16)10-6-11(14)8-12(15)7-10/h6-8,13H,4-5,9,16H2,1-3H3. The van der Waals surface area contributed by atoms with Crippen LogP contribution in [0.4, 0.5) is 8.78 Å². The van der Waals surface area contributed by atoms with E-state index < -0.39 is 11.6 Å². The molecule has 1 aromatic carbocycles. The van der Waals surface area contributed by atoms with Gasteiger partial charge in [-0.15, -0.1) is 0 Å². The van der Waals surface area contributed by atoms with E-state index in [0.717, 1.165) is 19.2 Å². The van der Waals surface area contributed by atoms with Gasteiger partial charge in [-0.25, -0.2) is 8.78 Å². The molecule has 0 radical (unpaired) electrons. The molecule has 0 aliphatic carbocycles. The third-order valence-electron chi connectivity index (χ3n) is 2.92. The largest absolute Gasteiger partial charge is 0.329 e. The average molecular weight is 257 g/mol. The van der Waals surface area contributed by atoms with Crippen LogP contribution in [0, 0.1) is 11.6 Å². The van der Waals surface area contributed by atoms with Gasteiger partial charge in [-0.2, -0.15) is 0 Å². The molecule has 0 aliphatic heterocycles. The number of nitrogens with zero attached hydrogens (tertiary/aromatic N) is 2. The minimum Gasteiger partial charge on any atom is -0.329 e. The van der Waals surface area contributed by atoms with Crippen LogP contribution in [0.25, 0.3) is 0 Å². The van der Waals surface area contributed by atoms with E-state index in [4.69, 9.17) is 5.73 Å². The molecule has 2 N–H and O–H groups in total. The van der Waals surface area contributed by atoms with Gasteiger partial charge in [0.2, 0.25) is 0 Å². The van der Waals surface area contributed by atoms with Crippen molar-refractivity contribution in [2.45, 2.75) is 6.04 Å². The topological polar surface area (TPSA) is 32.5 Å². The summed E-state index contributed by atoms with van der Waals surface area (Å²) in [5, 5.41) is 0. The smallest absolute Gasteiger partial charge is 0.126 e. The summed E-state index contributed by atoms with van der Waals surface area (Å²) < 4.78 is 26.4. The summed E-state index contributed by atoms with van der Waals surface area (Å²) in [5.74, 6) is -1.13. The van der Waals surface area contributed by atoms with Crippen LogP contribution < -0.4 is 5.73 Å². The van der Waals surface area contributed by atoms with Gasteiger partial charge in [0.25, 0.3) is 0 Å². The summed E-state index contributed by atoms with van der Waals surface area (Å²) in [4.78, 5) is 4.06. The number of hydrogen-bond acceptors (Lipinski definition) is 3. The Morgan fingerprint density at radius 2 is 1.61 bits per heavy atom. The van der Waals surface area contributed by atoms with Crippen molar-refractivity contribution in [2.75, 3.05) is 40.8 Å². The molecule has 0 spiro atoms. The third kappa shape index (κ3) is 4.33. The van der Waals surface area contributed by atoms with E-state index in [1.54, 1.807) is 0 Å². The van der Waals surface area contributed by atoms with E-state index in [0.29, 0.717) is 12.1 Å². The number of halogens is 2. The Bertz CT molecular complexity index is 362. The maximum Gasteiger partial charge on any atom is 0.126 e. The van der Waals surface area contributed by atoms with Crippen LogP contribution in [-0.4, -0.2) is 50.6 Å². The molecule has 0 aliphatic rings. The van der Waals surface area contributed by atoms with Gasteiger partial charge in [-0.05, 0) is 38.8 Å². The van der Waals surface area contributed by atoms with Crippen molar-refractivity contribution in [1.29, 1.82) is 0 Å². The van der Waals surface area contributed by atoms with Crippen LogP contribution in [0.5, 0.6) is 0 Å². The first-order valence-corrected chi connectivity index (χ1v) is 5.95. The fraction of sp³-hybridized carbons (Fsp3) is 0.538. The molecule has 0 bridgehead atoms. The Hall–Kier alpha value is -1.04. The summed E-state index contributed by atoms with van der Waals surface area (Å²) in [6.45, 7) is 1.98. The fourth-order valence-corrected chi connectivity index (χ4v) is 1.85. The molecule has 0 amide bonds. The Morgan fingerprint density at radius 3 is 2.06 bits per heavy atom. The van der Waals surface area contributed by atoms with Crippen molar-refractivity contribution in [3.63, 3.8) is 0 Å². The Morgan fingerprint density at radius 1 is 1.06 bits per heavy atom. The first kappa shape index (κ1) is 15.0. The van der Waals surface area contributed by atoms with Crippen LogP contribution in [0.3, 0.4) is 0 Å². The minimum atomic E-state index is -0.565. The van der Waals surface area contributed by atoms with E-state index in [9.17, 15) is 8.78 Å². The molecule has 0 saturated carbocycles. The molecule has 0 aromatic heterocycles. The second-order valence-electron chi connectivity index (χ2n) is 4.74. The van der Waals surface area contributed by atoms with Crippen LogP contribution in [0.1, 0.15) is 11.6 Å². The highest BCUT2D eigenvalue weighted by atomic mass is 19.1. The van der Waals surface area contributed by atoms with Crippen molar-refractivity contribution in [3.05, 3.63) is 35.4 Å². The van der Waals surface area contributed by atoms with Gasteiger partial charge in [0.05, 0.1) is 0 Å². The SMILES string of the molecule is CN(C)CCN(C)C(CN)c1cc(F)cc(F)c1. The van der Waals surface area contributed by atoms with E-state index >= 15 is 0 Å². The molecule has 3 nitrogen and oxygen atoms in total. The number of rotatable bonds is 6. The van der Waals surface area contributed by atoms with Gasteiger partial charge in [0, 0.05) is 31.7 Å². The lowest BCUT2D eigenvalue weighted by molar-refractivity contribution is 0.222. The van der Waals surface area contributed by atoms with Crippen molar-refractivity contribution in [1.82, 2.24) is 9.80 Å². The summed E-state index contributed by atoms with van der Waals surface area (Å²) >= 11 is 0. The second-order valence-corrected chi connectivity index (χ2v) is 4.74. The molecule has 1 rings (SSSR count). The zero-order valence-corrected chi connectivity index (χ0v) is 11.2. The molecule has 0 heterocycles. The third-order valence-corrected chi connectivity index (χ3v) is 2.92. The summed E-state index contributed by atoms with van der Waals surface area (Å²) in [6, 6.07) is 3.38. The Kier molecular flexibility index (Phi) is 5.65. The normalized spacial score (nSPS) is 13.3. The van der Waals surface area contributed by atoms with E-state index in [1.165, 1.54) is 12.1 Å². The van der Waals surface area contributed by atoms with Gasteiger partial charge in [0.1, 0.15) is 11.6 Å². The van der Waals surface area contributed by atoms with Crippen molar-refractivity contribution < 1.29 is 8.78 Å². The van der Waals surface area contributed by atoms with E-state index in [2.05, 4.69) is 4.90 Å². The Labute approximate surface area is 107 Å². The minimum absolute atomic E-state index is 0.171. The van der Waals surface area contributed by atoms with Crippen molar-refractivity contribution >= 4 is 0 Å². The van der Waals surface area contributed by atoms with Crippen LogP contribution >= 0.6 is 0 Å². The lowest BCUT2D eigenvalue weighted by atomic mass is 10.1. The van der Waals surface area contributed by atoms with Crippen LogP contribution in [-0.2, 0) is 0 Å². The molecule has 5 heteroatoms. The second kappa shape index (κ2) is 6.78. The molecule has 1 aromatic rings. The summed E-state index contributed by atoms with van der Waals surface area (Å²) in [6.07, 6.45) is 0. The first-order valence-electron chi connectivity index (χ1n) is 5.95. The molecule has 18 heavy (non-hydrogen) atoms. The Balaban J connectivity index is 2.81. The maximum absolute atomic E-state index is 13.2. The predicted octanol–water partition coefficient (Wildman–Crippen LogP) is 1.46. The number of likely N-dealkylation sites (N-methyl/N-ethyl adjacent to an activating group) is 2. The van der Waals surface area contributed by atoms with Gasteiger partial charge >= 0.3 is 0 Å².